The summed E-state index contributed by atoms with van der Waals surface area (Å²) in [5.74, 6) is 0.0157. The van der Waals surface area contributed by atoms with Crippen LogP contribution in [-0.4, -0.2) is 18.1 Å². The van der Waals surface area contributed by atoms with Crippen LogP contribution in [0.15, 0.2) is 42.5 Å². The van der Waals surface area contributed by atoms with Crippen molar-refractivity contribution in [2.45, 2.75) is 6.61 Å². The first-order valence-corrected chi connectivity index (χ1v) is 5.90. The third-order valence-electron chi connectivity index (χ3n) is 2.60. The van der Waals surface area contributed by atoms with Crippen molar-refractivity contribution in [3.63, 3.8) is 0 Å². The van der Waals surface area contributed by atoms with Crippen LogP contribution in [0.2, 0.25) is 0 Å². The van der Waals surface area contributed by atoms with Crippen molar-refractivity contribution in [3.8, 4) is 11.9 Å². The normalized spacial score (nSPS) is 9.60. The number of rotatable bonds is 4. The van der Waals surface area contributed by atoms with E-state index in [4.69, 9.17) is 10.00 Å². The molecule has 5 heteroatoms. The van der Waals surface area contributed by atoms with E-state index in [-0.39, 0.29) is 5.97 Å². The highest BCUT2D eigenvalue weighted by molar-refractivity contribution is 5.89. The minimum atomic E-state index is -0.374. The summed E-state index contributed by atoms with van der Waals surface area (Å²) in [6, 6.07) is 13.8. The highest BCUT2D eigenvalue weighted by atomic mass is 16.5. The standard InChI is InChI=1S/C15H12N2O3/c1-19-15(18)12-7-5-11(6-8-12)10-20-14-4-2-3-13(9-16)17-14/h2-8H,10H2,1H3. The molecular weight excluding hydrogens is 256 g/mol. The van der Waals surface area contributed by atoms with E-state index in [9.17, 15) is 4.79 Å². The summed E-state index contributed by atoms with van der Waals surface area (Å²) < 4.78 is 10.1. The van der Waals surface area contributed by atoms with Gasteiger partial charge in [0.2, 0.25) is 5.88 Å². The van der Waals surface area contributed by atoms with Crippen LogP contribution < -0.4 is 4.74 Å². The molecule has 0 aliphatic carbocycles. The van der Waals surface area contributed by atoms with Crippen molar-refractivity contribution in [1.82, 2.24) is 4.98 Å². The summed E-state index contributed by atoms with van der Waals surface area (Å²) in [6.45, 7) is 0.309. The van der Waals surface area contributed by atoms with E-state index in [2.05, 4.69) is 9.72 Å². The van der Waals surface area contributed by atoms with Crippen LogP contribution in [0.5, 0.6) is 5.88 Å². The molecule has 0 N–H and O–H groups in total. The predicted octanol–water partition coefficient (Wildman–Crippen LogP) is 2.32. The molecule has 0 radical (unpaired) electrons. The predicted molar refractivity (Wildman–Crippen MR) is 71.1 cm³/mol. The Morgan fingerprint density at radius 2 is 2.00 bits per heavy atom. The number of carbonyl (C=O) groups excluding carboxylic acids is 1. The Labute approximate surface area is 116 Å². The molecule has 2 rings (SSSR count). The van der Waals surface area contributed by atoms with Crippen LogP contribution >= 0.6 is 0 Å². The largest absolute Gasteiger partial charge is 0.473 e. The van der Waals surface area contributed by atoms with Crippen LogP contribution in [0.3, 0.4) is 0 Å². The molecule has 5 nitrogen and oxygen atoms in total. The van der Waals surface area contributed by atoms with Gasteiger partial charge in [-0.15, -0.1) is 0 Å². The van der Waals surface area contributed by atoms with Gasteiger partial charge in [0, 0.05) is 6.07 Å². The molecule has 0 aliphatic rings. The van der Waals surface area contributed by atoms with Gasteiger partial charge in [-0.25, -0.2) is 9.78 Å². The molecular formula is C15H12N2O3. The Hall–Kier alpha value is -2.87. The van der Waals surface area contributed by atoms with Gasteiger partial charge in [-0.2, -0.15) is 5.26 Å². The maximum absolute atomic E-state index is 11.3. The molecule has 0 spiro atoms. The lowest BCUT2D eigenvalue weighted by Gasteiger charge is -2.06. The first kappa shape index (κ1) is 13.6. The van der Waals surface area contributed by atoms with E-state index in [0.717, 1.165) is 5.56 Å². The number of aromatic nitrogens is 1. The summed E-state index contributed by atoms with van der Waals surface area (Å²) >= 11 is 0. The summed E-state index contributed by atoms with van der Waals surface area (Å²) in [7, 11) is 1.34. The Bertz CT molecular complexity index is 645. The third kappa shape index (κ3) is 3.33. The molecule has 0 fully saturated rings. The van der Waals surface area contributed by atoms with E-state index in [1.807, 2.05) is 6.07 Å². The zero-order valence-electron chi connectivity index (χ0n) is 10.9. The van der Waals surface area contributed by atoms with Crippen LogP contribution in [0.1, 0.15) is 21.6 Å². The van der Waals surface area contributed by atoms with Crippen molar-refractivity contribution >= 4 is 5.97 Å². The number of pyridine rings is 1. The van der Waals surface area contributed by atoms with Gasteiger partial charge in [-0.1, -0.05) is 18.2 Å². The third-order valence-corrected chi connectivity index (χ3v) is 2.60. The Morgan fingerprint density at radius 1 is 1.25 bits per heavy atom. The molecule has 100 valence electrons. The summed E-state index contributed by atoms with van der Waals surface area (Å²) in [5, 5.41) is 8.74. The van der Waals surface area contributed by atoms with Gasteiger partial charge in [-0.05, 0) is 23.8 Å². The van der Waals surface area contributed by atoms with Crippen molar-refractivity contribution in [2.24, 2.45) is 0 Å². The molecule has 1 aromatic heterocycles. The number of nitrogens with zero attached hydrogens (tertiary/aromatic N) is 2. The smallest absolute Gasteiger partial charge is 0.337 e. The zero-order valence-corrected chi connectivity index (χ0v) is 10.9. The summed E-state index contributed by atoms with van der Waals surface area (Å²) in [5.41, 5.74) is 1.69. The topological polar surface area (TPSA) is 72.2 Å². The number of nitriles is 1. The molecule has 0 bridgehead atoms. The molecule has 0 saturated carbocycles. The van der Waals surface area contributed by atoms with Gasteiger partial charge >= 0.3 is 5.97 Å². The van der Waals surface area contributed by atoms with E-state index in [0.29, 0.717) is 23.7 Å². The average Bonchev–Trinajstić information content (AvgIpc) is 2.53. The second-order valence-electron chi connectivity index (χ2n) is 3.95. The highest BCUT2D eigenvalue weighted by Crippen LogP contribution is 2.11. The molecule has 0 saturated heterocycles. The van der Waals surface area contributed by atoms with Crippen molar-refractivity contribution in [1.29, 1.82) is 5.26 Å². The first-order chi connectivity index (χ1) is 9.72. The van der Waals surface area contributed by atoms with Crippen molar-refractivity contribution in [2.75, 3.05) is 7.11 Å². The fourth-order valence-corrected chi connectivity index (χ4v) is 1.57. The van der Waals surface area contributed by atoms with Gasteiger partial charge in [0.1, 0.15) is 18.4 Å². The molecule has 2 aromatic rings. The second kappa shape index (κ2) is 6.34. The van der Waals surface area contributed by atoms with Crippen molar-refractivity contribution < 1.29 is 14.3 Å². The highest BCUT2D eigenvalue weighted by Gasteiger charge is 2.05. The Kier molecular flexibility index (Phi) is 4.30. The molecule has 0 atom stereocenters. The number of methoxy groups -OCH3 is 1. The minimum absolute atomic E-state index is 0.309. The Morgan fingerprint density at radius 3 is 2.65 bits per heavy atom. The van der Waals surface area contributed by atoms with E-state index < -0.39 is 0 Å². The van der Waals surface area contributed by atoms with E-state index >= 15 is 0 Å². The van der Waals surface area contributed by atoms with Gasteiger partial charge in [-0.3, -0.25) is 0 Å². The summed E-state index contributed by atoms with van der Waals surface area (Å²) in [4.78, 5) is 15.3. The van der Waals surface area contributed by atoms with E-state index in [1.54, 1.807) is 42.5 Å². The number of hydrogen-bond acceptors (Lipinski definition) is 5. The second-order valence-corrected chi connectivity index (χ2v) is 3.95. The number of esters is 1. The van der Waals surface area contributed by atoms with E-state index in [1.165, 1.54) is 7.11 Å². The lowest BCUT2D eigenvalue weighted by molar-refractivity contribution is 0.0600. The fourth-order valence-electron chi connectivity index (χ4n) is 1.57. The van der Waals surface area contributed by atoms with Crippen LogP contribution in [0.25, 0.3) is 0 Å². The maximum Gasteiger partial charge on any atom is 0.337 e. The van der Waals surface area contributed by atoms with Gasteiger partial charge in [0.25, 0.3) is 0 Å². The maximum atomic E-state index is 11.3. The molecule has 0 amide bonds. The lowest BCUT2D eigenvalue weighted by atomic mass is 10.1. The number of benzene rings is 1. The fraction of sp³-hybridized carbons (Fsp3) is 0.133. The van der Waals surface area contributed by atoms with Crippen LogP contribution in [0.4, 0.5) is 0 Å². The van der Waals surface area contributed by atoms with Gasteiger partial charge in [0.05, 0.1) is 12.7 Å². The number of hydrogen-bond donors (Lipinski definition) is 0. The quantitative estimate of drug-likeness (QED) is 0.796. The number of ether oxygens (including phenoxy) is 2. The molecule has 0 unspecified atom stereocenters. The van der Waals surface area contributed by atoms with Crippen LogP contribution in [0, 0.1) is 11.3 Å². The lowest BCUT2D eigenvalue weighted by Crippen LogP contribution is -2.02. The SMILES string of the molecule is COC(=O)c1ccc(COc2cccc(C#N)n2)cc1. The molecule has 20 heavy (non-hydrogen) atoms. The molecule has 1 heterocycles. The minimum Gasteiger partial charge on any atom is -0.473 e. The summed E-state index contributed by atoms with van der Waals surface area (Å²) in [6.07, 6.45) is 0. The van der Waals surface area contributed by atoms with Crippen LogP contribution in [-0.2, 0) is 11.3 Å². The number of carbonyl (C=O) groups is 1. The monoisotopic (exact) mass is 268 g/mol. The molecule has 0 aliphatic heterocycles. The Balaban J connectivity index is 2.00. The zero-order chi connectivity index (χ0) is 14.4. The van der Waals surface area contributed by atoms with Gasteiger partial charge in [0.15, 0.2) is 0 Å². The van der Waals surface area contributed by atoms with Gasteiger partial charge < -0.3 is 9.47 Å². The van der Waals surface area contributed by atoms with Crippen molar-refractivity contribution in [3.05, 3.63) is 59.3 Å². The first-order valence-electron chi connectivity index (χ1n) is 5.90. The average molecular weight is 268 g/mol. The molecule has 1 aromatic carbocycles.